The van der Waals surface area contributed by atoms with Crippen molar-refractivity contribution in [3.05, 3.63) is 74.6 Å². The number of hydrogen-bond acceptors (Lipinski definition) is 5. The fourth-order valence-corrected chi connectivity index (χ4v) is 5.92. The molecule has 1 aliphatic heterocycles. The second kappa shape index (κ2) is 11.2. The van der Waals surface area contributed by atoms with Gasteiger partial charge < -0.3 is 20.1 Å². The number of H-pyrrole nitrogens is 1. The molecule has 0 spiro atoms. The summed E-state index contributed by atoms with van der Waals surface area (Å²) in [4.78, 5) is 17.4. The molecule has 1 fully saturated rings. The molecular weight excluding hydrogens is 450 g/mol. The number of aromatic nitrogens is 1. The maximum Gasteiger partial charge on any atom is 0.248 e. The second-order valence-corrected chi connectivity index (χ2v) is 10.3. The third-order valence-corrected chi connectivity index (χ3v) is 7.93. The van der Waals surface area contributed by atoms with Gasteiger partial charge in [0.05, 0.1) is 11.6 Å². The highest BCUT2D eigenvalue weighted by molar-refractivity contribution is 5.87. The first-order chi connectivity index (χ1) is 17.6. The van der Waals surface area contributed by atoms with Gasteiger partial charge in [-0.25, -0.2) is 0 Å². The molecule has 6 heteroatoms. The van der Waals surface area contributed by atoms with Crippen LogP contribution in [0.2, 0.25) is 0 Å². The number of aliphatic hydroxyl groups excluding tert-OH is 1. The molecule has 1 atom stereocenters. The van der Waals surface area contributed by atoms with Crippen LogP contribution in [0.5, 0.6) is 5.75 Å². The van der Waals surface area contributed by atoms with E-state index < -0.39 is 6.10 Å². The Hall–Kier alpha value is -2.67. The normalized spacial score (nSPS) is 17.1. The first-order valence-electron chi connectivity index (χ1n) is 13.6. The Morgan fingerprint density at radius 1 is 1.06 bits per heavy atom. The number of nitrogens with zero attached hydrogens (tertiary/aromatic N) is 1. The van der Waals surface area contributed by atoms with E-state index in [9.17, 15) is 9.90 Å². The third-order valence-electron chi connectivity index (χ3n) is 7.93. The van der Waals surface area contributed by atoms with E-state index in [0.29, 0.717) is 30.5 Å². The summed E-state index contributed by atoms with van der Waals surface area (Å²) in [6.45, 7) is 8.64. The lowest BCUT2D eigenvalue weighted by Crippen LogP contribution is -2.33. The van der Waals surface area contributed by atoms with Gasteiger partial charge in [0, 0.05) is 30.6 Å². The van der Waals surface area contributed by atoms with E-state index in [1.165, 1.54) is 41.2 Å². The summed E-state index contributed by atoms with van der Waals surface area (Å²) in [5.74, 6) is 0.663. The van der Waals surface area contributed by atoms with Crippen LogP contribution in [-0.4, -0.2) is 53.8 Å². The van der Waals surface area contributed by atoms with Gasteiger partial charge in [-0.1, -0.05) is 32.0 Å². The quantitative estimate of drug-likeness (QED) is 0.402. The maximum atomic E-state index is 12.1. The van der Waals surface area contributed by atoms with Gasteiger partial charge in [-0.3, -0.25) is 9.69 Å². The van der Waals surface area contributed by atoms with Crippen LogP contribution in [0.1, 0.15) is 60.6 Å². The molecule has 3 N–H and O–H groups in total. The molecule has 0 amide bonds. The van der Waals surface area contributed by atoms with Crippen molar-refractivity contribution in [3.8, 4) is 5.75 Å². The van der Waals surface area contributed by atoms with E-state index in [1.807, 2.05) is 12.1 Å². The Bertz CT molecular complexity index is 1230. The summed E-state index contributed by atoms with van der Waals surface area (Å²) in [6, 6.07) is 12.2. The Labute approximate surface area is 213 Å². The molecule has 6 nitrogen and oxygen atoms in total. The Morgan fingerprint density at radius 3 is 2.42 bits per heavy atom. The molecule has 0 radical (unpaired) electrons. The predicted octanol–water partition coefficient (Wildman–Crippen LogP) is 3.92. The van der Waals surface area contributed by atoms with E-state index in [-0.39, 0.29) is 5.56 Å². The molecule has 0 saturated carbocycles. The van der Waals surface area contributed by atoms with Gasteiger partial charge in [0.25, 0.3) is 0 Å². The van der Waals surface area contributed by atoms with Gasteiger partial charge in [0.15, 0.2) is 0 Å². The summed E-state index contributed by atoms with van der Waals surface area (Å²) in [5, 5.41) is 15.6. The van der Waals surface area contributed by atoms with Crippen molar-refractivity contribution in [3.63, 3.8) is 0 Å². The monoisotopic (exact) mass is 489 g/mol. The number of hydrogen-bond donors (Lipinski definition) is 3. The van der Waals surface area contributed by atoms with E-state index in [2.05, 4.69) is 41.2 Å². The highest BCUT2D eigenvalue weighted by Crippen LogP contribution is 2.31. The number of rotatable bonds is 10. The van der Waals surface area contributed by atoms with Crippen molar-refractivity contribution < 1.29 is 9.84 Å². The number of ether oxygens (including phenoxy) is 1. The van der Waals surface area contributed by atoms with E-state index in [4.69, 9.17) is 4.74 Å². The number of aromatic amines is 1. The van der Waals surface area contributed by atoms with Gasteiger partial charge in [-0.2, -0.15) is 0 Å². The lowest BCUT2D eigenvalue weighted by molar-refractivity contribution is 0.171. The minimum atomic E-state index is -0.682. The number of nitrogens with one attached hydrogen (secondary N) is 2. The fourth-order valence-electron chi connectivity index (χ4n) is 5.92. The lowest BCUT2D eigenvalue weighted by atomic mass is 9.97. The summed E-state index contributed by atoms with van der Waals surface area (Å²) in [5.41, 5.74) is 7.09. The third kappa shape index (κ3) is 5.36. The number of benzene rings is 2. The SMILES string of the molecule is CCc1cc2c(cc1CC)CC(NC[C@@H](O)c1ccc(OCCN3CCCC3)c3[nH]c(=O)ccc13)C2. The molecule has 0 bridgehead atoms. The Morgan fingerprint density at radius 2 is 1.75 bits per heavy atom. The minimum Gasteiger partial charge on any atom is -0.490 e. The zero-order valence-electron chi connectivity index (χ0n) is 21.6. The van der Waals surface area contributed by atoms with Gasteiger partial charge in [-0.05, 0) is 91.6 Å². The van der Waals surface area contributed by atoms with Crippen LogP contribution in [0.4, 0.5) is 0 Å². The first kappa shape index (κ1) is 25.0. The average molecular weight is 490 g/mol. The van der Waals surface area contributed by atoms with Crippen molar-refractivity contribution in [2.45, 2.75) is 64.5 Å². The first-order valence-corrected chi connectivity index (χ1v) is 13.6. The average Bonchev–Trinajstić information content (AvgIpc) is 3.55. The van der Waals surface area contributed by atoms with E-state index >= 15 is 0 Å². The minimum absolute atomic E-state index is 0.168. The Kier molecular flexibility index (Phi) is 7.75. The zero-order valence-corrected chi connectivity index (χ0v) is 21.6. The zero-order chi connectivity index (χ0) is 25.1. The standard InChI is InChI=1S/C30H39N3O3/c1-3-20-15-22-17-24(18-23(22)16-21(20)4-2)31-19-27(34)25-7-9-28(30-26(25)8-10-29(35)32-30)36-14-13-33-11-5-6-12-33/h7-10,15-16,24,27,31,34H,3-6,11-14,17-19H2,1-2H3,(H,32,35)/t27-/m1/s1. The molecule has 1 aromatic heterocycles. The molecule has 2 aliphatic rings. The lowest BCUT2D eigenvalue weighted by Gasteiger charge is -2.20. The van der Waals surface area contributed by atoms with Crippen molar-refractivity contribution in [2.75, 3.05) is 32.8 Å². The van der Waals surface area contributed by atoms with Crippen LogP contribution in [-0.2, 0) is 25.7 Å². The molecule has 0 unspecified atom stereocenters. The molecule has 2 heterocycles. The van der Waals surface area contributed by atoms with Gasteiger partial charge >= 0.3 is 0 Å². The number of aliphatic hydroxyl groups is 1. The predicted molar refractivity (Wildman–Crippen MR) is 145 cm³/mol. The topological polar surface area (TPSA) is 77.6 Å². The van der Waals surface area contributed by atoms with Crippen LogP contribution in [0.15, 0.2) is 41.2 Å². The smallest absolute Gasteiger partial charge is 0.248 e. The summed E-state index contributed by atoms with van der Waals surface area (Å²) < 4.78 is 6.08. The number of fused-ring (bicyclic) bond motifs is 2. The molecule has 2 aromatic carbocycles. The molecule has 1 saturated heterocycles. The molecule has 3 aromatic rings. The van der Waals surface area contributed by atoms with E-state index in [0.717, 1.165) is 56.3 Å². The van der Waals surface area contributed by atoms with Crippen molar-refractivity contribution in [1.29, 1.82) is 0 Å². The largest absolute Gasteiger partial charge is 0.490 e. The highest BCUT2D eigenvalue weighted by atomic mass is 16.5. The van der Waals surface area contributed by atoms with Gasteiger partial charge in [0.1, 0.15) is 12.4 Å². The van der Waals surface area contributed by atoms with Crippen molar-refractivity contribution in [2.24, 2.45) is 0 Å². The molecule has 5 rings (SSSR count). The second-order valence-electron chi connectivity index (χ2n) is 10.3. The number of likely N-dealkylation sites (tertiary alicyclic amines) is 1. The summed E-state index contributed by atoms with van der Waals surface area (Å²) >= 11 is 0. The molecule has 1 aliphatic carbocycles. The molecule has 36 heavy (non-hydrogen) atoms. The van der Waals surface area contributed by atoms with Crippen LogP contribution in [0.3, 0.4) is 0 Å². The highest BCUT2D eigenvalue weighted by Gasteiger charge is 2.24. The molecule has 192 valence electrons. The van der Waals surface area contributed by atoms with Crippen LogP contribution in [0, 0.1) is 0 Å². The van der Waals surface area contributed by atoms with Gasteiger partial charge in [-0.15, -0.1) is 0 Å². The summed E-state index contributed by atoms with van der Waals surface area (Å²) in [7, 11) is 0. The number of pyridine rings is 1. The van der Waals surface area contributed by atoms with Crippen molar-refractivity contribution >= 4 is 10.9 Å². The van der Waals surface area contributed by atoms with Crippen molar-refractivity contribution in [1.82, 2.24) is 15.2 Å². The van der Waals surface area contributed by atoms with Gasteiger partial charge in [0.2, 0.25) is 5.56 Å². The van der Waals surface area contributed by atoms with E-state index in [1.54, 1.807) is 6.07 Å². The Balaban J connectivity index is 1.26. The summed E-state index contributed by atoms with van der Waals surface area (Å²) in [6.07, 6.45) is 5.96. The maximum absolute atomic E-state index is 12.1. The van der Waals surface area contributed by atoms with Crippen LogP contribution < -0.4 is 15.6 Å². The molecular formula is C30H39N3O3. The van der Waals surface area contributed by atoms with Crippen LogP contribution >= 0.6 is 0 Å². The number of aryl methyl sites for hydroxylation is 2. The fraction of sp³-hybridized carbons (Fsp3) is 0.500. The van der Waals surface area contributed by atoms with Crippen LogP contribution in [0.25, 0.3) is 10.9 Å².